The average molecular weight is 319 g/mol. The van der Waals surface area contributed by atoms with Gasteiger partial charge in [-0.2, -0.15) is 0 Å². The minimum Gasteiger partial charge on any atom is -0.392 e. The predicted molar refractivity (Wildman–Crippen MR) is 92.1 cm³/mol. The van der Waals surface area contributed by atoms with Gasteiger partial charge in [-0.25, -0.2) is 0 Å². The smallest absolute Gasteiger partial charge is 0.239 e. The summed E-state index contributed by atoms with van der Waals surface area (Å²) >= 11 is 0. The van der Waals surface area contributed by atoms with Gasteiger partial charge >= 0.3 is 0 Å². The van der Waals surface area contributed by atoms with Crippen molar-refractivity contribution in [2.75, 3.05) is 39.8 Å². The number of aliphatic hydroxyl groups excluding tert-OH is 1. The van der Waals surface area contributed by atoms with Crippen LogP contribution in [0.2, 0.25) is 0 Å². The first kappa shape index (κ1) is 17.9. The molecule has 0 aromatic heterocycles. The van der Waals surface area contributed by atoms with E-state index in [2.05, 4.69) is 9.80 Å². The Morgan fingerprint density at radius 1 is 1.17 bits per heavy atom. The zero-order valence-electron chi connectivity index (χ0n) is 14.5. The van der Waals surface area contributed by atoms with E-state index in [0.29, 0.717) is 13.1 Å². The normalized spacial score (nSPS) is 19.3. The van der Waals surface area contributed by atoms with Gasteiger partial charge in [-0.05, 0) is 19.4 Å². The van der Waals surface area contributed by atoms with Gasteiger partial charge in [-0.3, -0.25) is 14.6 Å². The number of benzene rings is 1. The predicted octanol–water partition coefficient (Wildman–Crippen LogP) is 1.03. The second-order valence-corrected chi connectivity index (χ2v) is 6.54. The summed E-state index contributed by atoms with van der Waals surface area (Å²) in [5.41, 5.74) is 1.15. The second kappa shape index (κ2) is 8.43. The van der Waals surface area contributed by atoms with Crippen LogP contribution in [0, 0.1) is 0 Å². The monoisotopic (exact) mass is 319 g/mol. The summed E-state index contributed by atoms with van der Waals surface area (Å²) in [6, 6.07) is 9.97. The Morgan fingerprint density at radius 2 is 1.78 bits per heavy atom. The molecule has 1 N–H and O–H groups in total. The van der Waals surface area contributed by atoms with E-state index >= 15 is 0 Å². The molecule has 1 aromatic rings. The molecule has 1 aromatic carbocycles. The Hall–Kier alpha value is -1.43. The van der Waals surface area contributed by atoms with Crippen LogP contribution in [-0.4, -0.2) is 77.6 Å². The quantitative estimate of drug-likeness (QED) is 0.851. The molecule has 1 saturated heterocycles. The molecule has 0 saturated carbocycles. The largest absolute Gasteiger partial charge is 0.392 e. The van der Waals surface area contributed by atoms with Gasteiger partial charge in [0, 0.05) is 46.3 Å². The number of carbonyl (C=O) groups is 1. The number of hydrogen-bond acceptors (Lipinski definition) is 4. The van der Waals surface area contributed by atoms with E-state index in [1.807, 2.05) is 56.1 Å². The molecular formula is C18H29N3O2. The molecule has 0 radical (unpaired) electrons. The molecule has 2 atom stereocenters. The van der Waals surface area contributed by atoms with Crippen molar-refractivity contribution in [1.29, 1.82) is 0 Å². The lowest BCUT2D eigenvalue weighted by atomic mass is 10.1. The highest BCUT2D eigenvalue weighted by molar-refractivity contribution is 5.81. The third kappa shape index (κ3) is 5.30. The fourth-order valence-electron chi connectivity index (χ4n) is 3.12. The van der Waals surface area contributed by atoms with Crippen LogP contribution in [0.15, 0.2) is 30.3 Å². The lowest BCUT2D eigenvalue weighted by Crippen LogP contribution is -2.54. The average Bonchev–Trinajstić information content (AvgIpc) is 2.54. The van der Waals surface area contributed by atoms with E-state index in [0.717, 1.165) is 31.7 Å². The van der Waals surface area contributed by atoms with Crippen molar-refractivity contribution in [2.24, 2.45) is 0 Å². The van der Waals surface area contributed by atoms with Gasteiger partial charge in [0.15, 0.2) is 0 Å². The maximum Gasteiger partial charge on any atom is 0.239 e. The summed E-state index contributed by atoms with van der Waals surface area (Å²) in [4.78, 5) is 18.9. The van der Waals surface area contributed by atoms with Crippen LogP contribution in [0.5, 0.6) is 0 Å². The third-order valence-corrected chi connectivity index (χ3v) is 4.47. The van der Waals surface area contributed by atoms with Crippen LogP contribution in [0.25, 0.3) is 0 Å². The van der Waals surface area contributed by atoms with Crippen LogP contribution in [-0.2, 0) is 11.3 Å². The third-order valence-electron chi connectivity index (χ3n) is 4.47. The summed E-state index contributed by atoms with van der Waals surface area (Å²) in [6.45, 7) is 8.73. The van der Waals surface area contributed by atoms with Gasteiger partial charge in [-0.15, -0.1) is 0 Å². The van der Waals surface area contributed by atoms with Crippen molar-refractivity contribution >= 4 is 5.91 Å². The van der Waals surface area contributed by atoms with Crippen molar-refractivity contribution in [2.45, 2.75) is 32.5 Å². The first-order chi connectivity index (χ1) is 11.0. The van der Waals surface area contributed by atoms with Gasteiger partial charge in [0.05, 0.1) is 12.1 Å². The van der Waals surface area contributed by atoms with E-state index < -0.39 is 0 Å². The molecule has 5 nitrogen and oxygen atoms in total. The minimum atomic E-state index is -0.294. The summed E-state index contributed by atoms with van der Waals surface area (Å²) < 4.78 is 0. The molecule has 23 heavy (non-hydrogen) atoms. The van der Waals surface area contributed by atoms with E-state index in [4.69, 9.17) is 0 Å². The number of carbonyl (C=O) groups excluding carboxylic acids is 1. The van der Waals surface area contributed by atoms with Crippen LogP contribution in [0.1, 0.15) is 19.4 Å². The topological polar surface area (TPSA) is 47.0 Å². The molecular weight excluding hydrogens is 290 g/mol. The Kier molecular flexibility index (Phi) is 6.57. The fraction of sp³-hybridized carbons (Fsp3) is 0.611. The first-order valence-corrected chi connectivity index (χ1v) is 8.40. The van der Waals surface area contributed by atoms with Gasteiger partial charge in [-0.1, -0.05) is 30.3 Å². The maximum absolute atomic E-state index is 12.6. The van der Waals surface area contributed by atoms with Crippen molar-refractivity contribution in [3.63, 3.8) is 0 Å². The number of piperazine rings is 1. The highest BCUT2D eigenvalue weighted by atomic mass is 16.3. The molecule has 0 aliphatic carbocycles. The van der Waals surface area contributed by atoms with Crippen LogP contribution in [0.4, 0.5) is 0 Å². The van der Waals surface area contributed by atoms with E-state index in [-0.39, 0.29) is 18.1 Å². The number of nitrogens with zero attached hydrogens (tertiary/aromatic N) is 3. The van der Waals surface area contributed by atoms with Gasteiger partial charge in [0.2, 0.25) is 5.91 Å². The van der Waals surface area contributed by atoms with E-state index in [9.17, 15) is 9.90 Å². The standard InChI is InChI=1S/C18H29N3O2/c1-15(22)13-20-9-11-21(12-10-20)16(2)18(23)19(3)14-17-7-5-4-6-8-17/h4-8,15-16,22H,9-14H2,1-3H3/t15-,16-/m1/s1. The van der Waals surface area contributed by atoms with Gasteiger partial charge in [0.25, 0.3) is 0 Å². The maximum atomic E-state index is 12.6. The number of likely N-dealkylation sites (N-methyl/N-ethyl adjacent to an activating group) is 1. The molecule has 1 aliphatic heterocycles. The molecule has 5 heteroatoms. The number of hydrogen-bond donors (Lipinski definition) is 1. The molecule has 0 spiro atoms. The molecule has 2 rings (SSSR count). The van der Waals surface area contributed by atoms with Gasteiger partial charge in [0.1, 0.15) is 0 Å². The van der Waals surface area contributed by atoms with Crippen LogP contribution >= 0.6 is 0 Å². The SMILES string of the molecule is C[C@H](C(=O)N(C)Cc1ccccc1)N1CCN(C[C@@H](C)O)CC1. The summed E-state index contributed by atoms with van der Waals surface area (Å²) in [6.07, 6.45) is -0.294. The molecule has 1 fully saturated rings. The summed E-state index contributed by atoms with van der Waals surface area (Å²) in [5.74, 6) is 0.165. The van der Waals surface area contributed by atoms with Crippen LogP contribution in [0.3, 0.4) is 0 Å². The van der Waals surface area contributed by atoms with Crippen molar-refractivity contribution < 1.29 is 9.90 Å². The second-order valence-electron chi connectivity index (χ2n) is 6.54. The zero-order valence-corrected chi connectivity index (χ0v) is 14.5. The van der Waals surface area contributed by atoms with E-state index in [1.54, 1.807) is 0 Å². The summed E-state index contributed by atoms with van der Waals surface area (Å²) in [7, 11) is 1.87. The number of rotatable bonds is 6. The molecule has 0 unspecified atom stereocenters. The number of β-amino-alcohol motifs (C(OH)–C–C–N with tert-alkyl or cyclic N) is 1. The van der Waals surface area contributed by atoms with Crippen molar-refractivity contribution in [3.05, 3.63) is 35.9 Å². The fourth-order valence-corrected chi connectivity index (χ4v) is 3.12. The minimum absolute atomic E-state index is 0.0996. The highest BCUT2D eigenvalue weighted by Crippen LogP contribution is 2.11. The van der Waals surface area contributed by atoms with Gasteiger partial charge < -0.3 is 10.0 Å². The van der Waals surface area contributed by atoms with Crippen molar-refractivity contribution in [1.82, 2.24) is 14.7 Å². The number of amides is 1. The molecule has 128 valence electrons. The Labute approximate surface area is 139 Å². The first-order valence-electron chi connectivity index (χ1n) is 8.40. The summed E-state index contributed by atoms with van der Waals surface area (Å²) in [5, 5.41) is 9.46. The highest BCUT2D eigenvalue weighted by Gasteiger charge is 2.27. The Bertz CT molecular complexity index is 484. The van der Waals surface area contributed by atoms with Crippen molar-refractivity contribution in [3.8, 4) is 0 Å². The molecule has 1 heterocycles. The van der Waals surface area contributed by atoms with Crippen LogP contribution < -0.4 is 0 Å². The number of aliphatic hydroxyl groups is 1. The lowest BCUT2D eigenvalue weighted by Gasteiger charge is -2.38. The lowest BCUT2D eigenvalue weighted by molar-refractivity contribution is -0.136. The molecule has 1 aliphatic rings. The molecule has 1 amide bonds. The van der Waals surface area contributed by atoms with E-state index in [1.165, 1.54) is 0 Å². The Balaban J connectivity index is 1.83. The molecule has 0 bridgehead atoms. The zero-order chi connectivity index (χ0) is 16.8. The Morgan fingerprint density at radius 3 is 2.35 bits per heavy atom.